The number of piperidine rings is 1. The number of carbonyl (C=O) groups excluding carboxylic acids is 1. The second-order valence-electron chi connectivity index (χ2n) is 5.85. The highest BCUT2D eigenvalue weighted by atomic mass is 16.2. The van der Waals surface area contributed by atoms with Crippen molar-refractivity contribution in [2.24, 2.45) is 0 Å². The van der Waals surface area contributed by atoms with E-state index in [0.29, 0.717) is 6.04 Å². The molecule has 116 valence electrons. The van der Waals surface area contributed by atoms with Crippen molar-refractivity contribution in [3.05, 3.63) is 47.8 Å². The minimum atomic E-state index is 0.139. The summed E-state index contributed by atoms with van der Waals surface area (Å²) in [4.78, 5) is 14.5. The van der Waals surface area contributed by atoms with Crippen LogP contribution in [0.15, 0.2) is 36.7 Å². The lowest BCUT2D eigenvalue weighted by Crippen LogP contribution is -2.39. The van der Waals surface area contributed by atoms with Crippen molar-refractivity contribution in [2.75, 3.05) is 13.1 Å². The summed E-state index contributed by atoms with van der Waals surface area (Å²) in [5.41, 5.74) is 2.09. The molecule has 0 bridgehead atoms. The normalized spacial score (nSPS) is 16.0. The number of hydrogen-bond donors (Lipinski definition) is 0. The lowest BCUT2D eigenvalue weighted by molar-refractivity contribution is 0.0689. The summed E-state index contributed by atoms with van der Waals surface area (Å²) in [6.07, 6.45) is 7.66. The average Bonchev–Trinajstić information content (AvgIpc) is 3.10. The van der Waals surface area contributed by atoms with Crippen LogP contribution in [0.1, 0.15) is 48.1 Å². The van der Waals surface area contributed by atoms with Gasteiger partial charge in [-0.2, -0.15) is 0 Å². The van der Waals surface area contributed by atoms with Gasteiger partial charge in [0.05, 0.1) is 12.2 Å². The Bertz CT molecular complexity index is 598. The maximum atomic E-state index is 12.6. The molecule has 2 heterocycles. The van der Waals surface area contributed by atoms with Crippen LogP contribution in [0.5, 0.6) is 0 Å². The molecule has 0 spiro atoms. The van der Waals surface area contributed by atoms with Crippen LogP contribution in [0, 0.1) is 0 Å². The first kappa shape index (κ1) is 14.8. The number of rotatable bonds is 4. The van der Waals surface area contributed by atoms with Gasteiger partial charge in [0.25, 0.3) is 5.91 Å². The molecule has 5 heteroatoms. The zero-order valence-corrected chi connectivity index (χ0v) is 13.0. The fourth-order valence-corrected chi connectivity index (χ4v) is 3.03. The van der Waals surface area contributed by atoms with Gasteiger partial charge in [-0.3, -0.25) is 4.79 Å². The molecular formula is C17H22N4O. The van der Waals surface area contributed by atoms with E-state index in [1.54, 1.807) is 6.20 Å². The third-order valence-corrected chi connectivity index (χ3v) is 4.31. The van der Waals surface area contributed by atoms with Crippen molar-refractivity contribution >= 4 is 5.91 Å². The first-order chi connectivity index (χ1) is 10.8. The van der Waals surface area contributed by atoms with Crippen LogP contribution in [0.4, 0.5) is 0 Å². The number of hydrogen-bond acceptors (Lipinski definition) is 3. The van der Waals surface area contributed by atoms with Gasteiger partial charge in [0.15, 0.2) is 0 Å². The molecule has 1 amide bonds. The Morgan fingerprint density at radius 3 is 2.55 bits per heavy atom. The largest absolute Gasteiger partial charge is 0.338 e. The van der Waals surface area contributed by atoms with E-state index in [4.69, 9.17) is 0 Å². The number of amides is 1. The second-order valence-corrected chi connectivity index (χ2v) is 5.85. The van der Waals surface area contributed by atoms with Gasteiger partial charge in [0.1, 0.15) is 0 Å². The molecule has 3 rings (SSSR count). The van der Waals surface area contributed by atoms with Crippen LogP contribution in [-0.4, -0.2) is 38.9 Å². The van der Waals surface area contributed by atoms with Gasteiger partial charge in [0.2, 0.25) is 0 Å². The monoisotopic (exact) mass is 298 g/mol. The van der Waals surface area contributed by atoms with Crippen LogP contribution in [0.25, 0.3) is 0 Å². The minimum Gasteiger partial charge on any atom is -0.338 e. The zero-order valence-electron chi connectivity index (χ0n) is 13.0. The van der Waals surface area contributed by atoms with Crippen LogP contribution in [-0.2, 0) is 6.42 Å². The summed E-state index contributed by atoms with van der Waals surface area (Å²) < 4.78 is 1.90. The highest BCUT2D eigenvalue weighted by Crippen LogP contribution is 2.22. The number of nitrogens with zero attached hydrogens (tertiary/aromatic N) is 4. The van der Waals surface area contributed by atoms with Gasteiger partial charge < -0.3 is 4.90 Å². The SMILES string of the molecule is CCCc1ccc(C(=O)N2CCC(n3ccnn3)CC2)cc1. The van der Waals surface area contributed by atoms with Crippen LogP contribution < -0.4 is 0 Å². The maximum Gasteiger partial charge on any atom is 0.253 e. The van der Waals surface area contributed by atoms with Crippen LogP contribution in [0.2, 0.25) is 0 Å². The van der Waals surface area contributed by atoms with Crippen molar-refractivity contribution in [3.8, 4) is 0 Å². The molecule has 0 aliphatic carbocycles. The van der Waals surface area contributed by atoms with E-state index < -0.39 is 0 Å². The first-order valence-electron chi connectivity index (χ1n) is 8.02. The molecule has 5 nitrogen and oxygen atoms in total. The van der Waals surface area contributed by atoms with E-state index in [9.17, 15) is 4.79 Å². The fraction of sp³-hybridized carbons (Fsp3) is 0.471. The Balaban J connectivity index is 1.59. The number of benzene rings is 1. The number of aromatic nitrogens is 3. The summed E-state index contributed by atoms with van der Waals surface area (Å²) in [6, 6.07) is 8.41. The number of likely N-dealkylation sites (tertiary alicyclic amines) is 1. The Morgan fingerprint density at radius 2 is 1.95 bits per heavy atom. The fourth-order valence-electron chi connectivity index (χ4n) is 3.03. The summed E-state index contributed by atoms with van der Waals surface area (Å²) in [7, 11) is 0. The molecule has 0 saturated carbocycles. The van der Waals surface area contributed by atoms with E-state index in [1.807, 2.05) is 27.9 Å². The average molecular weight is 298 g/mol. The molecule has 0 radical (unpaired) electrons. The van der Waals surface area contributed by atoms with Gasteiger partial charge >= 0.3 is 0 Å². The number of aryl methyl sites for hydroxylation is 1. The lowest BCUT2D eigenvalue weighted by Gasteiger charge is -2.31. The molecule has 1 fully saturated rings. The molecule has 0 atom stereocenters. The van der Waals surface area contributed by atoms with E-state index in [-0.39, 0.29) is 5.91 Å². The van der Waals surface area contributed by atoms with Crippen molar-refractivity contribution in [3.63, 3.8) is 0 Å². The molecule has 1 aromatic carbocycles. The lowest BCUT2D eigenvalue weighted by atomic mass is 10.0. The summed E-state index contributed by atoms with van der Waals surface area (Å²) in [5.74, 6) is 0.139. The summed E-state index contributed by atoms with van der Waals surface area (Å²) >= 11 is 0. The van der Waals surface area contributed by atoms with E-state index in [0.717, 1.165) is 44.3 Å². The zero-order chi connectivity index (χ0) is 15.4. The van der Waals surface area contributed by atoms with E-state index >= 15 is 0 Å². The third-order valence-electron chi connectivity index (χ3n) is 4.31. The first-order valence-corrected chi connectivity index (χ1v) is 8.02. The Kier molecular flexibility index (Phi) is 4.51. The minimum absolute atomic E-state index is 0.139. The van der Waals surface area contributed by atoms with Crippen LogP contribution in [0.3, 0.4) is 0 Å². The van der Waals surface area contributed by atoms with E-state index in [1.165, 1.54) is 5.56 Å². The standard InChI is InChI=1S/C17H22N4O/c1-2-3-14-4-6-15(7-5-14)17(22)20-11-8-16(9-12-20)21-13-10-18-19-21/h4-7,10,13,16H,2-3,8-9,11-12H2,1H3. The quantitative estimate of drug-likeness (QED) is 0.872. The van der Waals surface area contributed by atoms with Crippen molar-refractivity contribution in [2.45, 2.75) is 38.6 Å². The van der Waals surface area contributed by atoms with Gasteiger partial charge in [-0.25, -0.2) is 4.68 Å². The van der Waals surface area contributed by atoms with Crippen molar-refractivity contribution in [1.29, 1.82) is 0 Å². The maximum absolute atomic E-state index is 12.6. The summed E-state index contributed by atoms with van der Waals surface area (Å²) in [5, 5.41) is 7.91. The van der Waals surface area contributed by atoms with Crippen LogP contribution >= 0.6 is 0 Å². The van der Waals surface area contributed by atoms with Gasteiger partial charge in [-0.05, 0) is 37.0 Å². The smallest absolute Gasteiger partial charge is 0.253 e. The molecule has 1 saturated heterocycles. The molecule has 1 aliphatic rings. The van der Waals surface area contributed by atoms with Gasteiger partial charge in [-0.15, -0.1) is 5.10 Å². The number of carbonyl (C=O) groups is 1. The van der Waals surface area contributed by atoms with Gasteiger partial charge in [-0.1, -0.05) is 30.7 Å². The Labute approximate surface area is 130 Å². The molecule has 2 aromatic rings. The Morgan fingerprint density at radius 1 is 1.23 bits per heavy atom. The van der Waals surface area contributed by atoms with Crippen molar-refractivity contribution < 1.29 is 4.79 Å². The highest BCUT2D eigenvalue weighted by molar-refractivity contribution is 5.94. The van der Waals surface area contributed by atoms with E-state index in [2.05, 4.69) is 29.4 Å². The molecule has 22 heavy (non-hydrogen) atoms. The predicted molar refractivity (Wildman–Crippen MR) is 84.6 cm³/mol. The van der Waals surface area contributed by atoms with Crippen molar-refractivity contribution in [1.82, 2.24) is 19.9 Å². The highest BCUT2D eigenvalue weighted by Gasteiger charge is 2.24. The second kappa shape index (κ2) is 6.73. The predicted octanol–water partition coefficient (Wildman–Crippen LogP) is 2.71. The summed E-state index contributed by atoms with van der Waals surface area (Å²) in [6.45, 7) is 3.72. The molecule has 0 unspecified atom stereocenters. The third kappa shape index (κ3) is 3.18. The topological polar surface area (TPSA) is 51.0 Å². The molecular weight excluding hydrogens is 276 g/mol. The molecule has 0 N–H and O–H groups in total. The molecule has 1 aromatic heterocycles. The molecule has 1 aliphatic heterocycles. The van der Waals surface area contributed by atoms with Gasteiger partial charge in [0, 0.05) is 24.8 Å². The Hall–Kier alpha value is -2.17.